The van der Waals surface area contributed by atoms with Crippen LogP contribution in [0.1, 0.15) is 74.1 Å². The van der Waals surface area contributed by atoms with Crippen molar-refractivity contribution in [3.63, 3.8) is 0 Å². The predicted molar refractivity (Wildman–Crippen MR) is 115 cm³/mol. The second kappa shape index (κ2) is 9.77. The van der Waals surface area contributed by atoms with Crippen LogP contribution in [0.4, 0.5) is 0 Å². The first-order chi connectivity index (χ1) is 14.3. The first kappa shape index (κ1) is 20.4. The molecule has 2 fully saturated rings. The maximum Gasteiger partial charge on any atom is 0.154 e. The Morgan fingerprint density at radius 3 is 2.55 bits per heavy atom. The molecule has 0 bridgehead atoms. The number of aromatic nitrogens is 1. The summed E-state index contributed by atoms with van der Waals surface area (Å²) in [4.78, 5) is 5.18. The van der Waals surface area contributed by atoms with Crippen LogP contribution < -0.4 is 4.74 Å². The van der Waals surface area contributed by atoms with E-state index in [0.29, 0.717) is 6.04 Å². The van der Waals surface area contributed by atoms with Gasteiger partial charge in [0.05, 0.1) is 18.8 Å². The maximum absolute atomic E-state index is 5.69. The van der Waals surface area contributed by atoms with Crippen LogP contribution in [0.25, 0.3) is 0 Å². The minimum absolute atomic E-state index is 0.343. The van der Waals surface area contributed by atoms with E-state index in [-0.39, 0.29) is 0 Å². The molecule has 2 aliphatic heterocycles. The molecule has 158 valence electrons. The second-order valence-corrected chi connectivity index (χ2v) is 8.53. The summed E-state index contributed by atoms with van der Waals surface area (Å²) in [6, 6.07) is 9.11. The molecule has 4 rings (SSSR count). The largest absolute Gasteiger partial charge is 0.497 e. The van der Waals surface area contributed by atoms with E-state index in [2.05, 4.69) is 46.1 Å². The van der Waals surface area contributed by atoms with Gasteiger partial charge in [0.25, 0.3) is 0 Å². The molecule has 1 aromatic heterocycles. The highest BCUT2D eigenvalue weighted by Crippen LogP contribution is 2.34. The highest BCUT2D eigenvalue weighted by atomic mass is 16.5. The highest BCUT2D eigenvalue weighted by Gasteiger charge is 2.30. The lowest BCUT2D eigenvalue weighted by molar-refractivity contribution is 0.204. The lowest BCUT2D eigenvalue weighted by atomic mass is 10.0. The minimum Gasteiger partial charge on any atom is -0.497 e. The SMILES string of the molecule is CCc1cc(C2CCCN2Cc2ccc(OC)cc2CN2CCCCCC2)on1. The van der Waals surface area contributed by atoms with E-state index in [1.807, 2.05) is 0 Å². The molecule has 2 aromatic rings. The Kier molecular flexibility index (Phi) is 6.88. The average Bonchev–Trinajstić information content (AvgIpc) is 3.33. The molecule has 1 atom stereocenters. The van der Waals surface area contributed by atoms with Crippen molar-refractivity contribution in [1.29, 1.82) is 0 Å². The van der Waals surface area contributed by atoms with Crippen LogP contribution in [0.3, 0.4) is 0 Å². The molecular weight excluding hydrogens is 362 g/mol. The lowest BCUT2D eigenvalue weighted by Crippen LogP contribution is -2.27. The van der Waals surface area contributed by atoms with Crippen LogP contribution in [0.5, 0.6) is 5.75 Å². The van der Waals surface area contributed by atoms with Crippen molar-refractivity contribution >= 4 is 0 Å². The van der Waals surface area contributed by atoms with Crippen molar-refractivity contribution in [2.24, 2.45) is 0 Å². The number of methoxy groups -OCH3 is 1. The van der Waals surface area contributed by atoms with Gasteiger partial charge in [-0.1, -0.05) is 31.0 Å². The standard InChI is InChI=1S/C24H35N3O2/c1-3-21-16-24(29-25-21)23-9-8-14-27(23)18-19-10-11-22(28-2)15-20(19)17-26-12-6-4-5-7-13-26/h10-11,15-16,23H,3-9,12-14,17-18H2,1-2H3. The molecule has 0 radical (unpaired) electrons. The molecule has 0 amide bonds. The molecule has 5 heteroatoms. The van der Waals surface area contributed by atoms with E-state index < -0.39 is 0 Å². The summed E-state index contributed by atoms with van der Waals surface area (Å²) in [6.45, 7) is 7.64. The van der Waals surface area contributed by atoms with Gasteiger partial charge in [-0.3, -0.25) is 9.80 Å². The molecule has 0 aliphatic carbocycles. The number of nitrogens with zero attached hydrogens (tertiary/aromatic N) is 3. The molecule has 1 aromatic carbocycles. The first-order valence-electron chi connectivity index (χ1n) is 11.3. The quantitative estimate of drug-likeness (QED) is 0.661. The molecule has 29 heavy (non-hydrogen) atoms. The third kappa shape index (κ3) is 5.01. The van der Waals surface area contributed by atoms with Gasteiger partial charge in [0.15, 0.2) is 5.76 Å². The molecule has 0 N–H and O–H groups in total. The lowest BCUT2D eigenvalue weighted by Gasteiger charge is -2.26. The number of hydrogen-bond acceptors (Lipinski definition) is 5. The molecule has 0 saturated carbocycles. The zero-order valence-corrected chi connectivity index (χ0v) is 18.0. The van der Waals surface area contributed by atoms with E-state index in [4.69, 9.17) is 9.26 Å². The van der Waals surface area contributed by atoms with E-state index in [0.717, 1.165) is 49.7 Å². The van der Waals surface area contributed by atoms with E-state index >= 15 is 0 Å². The van der Waals surface area contributed by atoms with E-state index in [1.54, 1.807) is 7.11 Å². The normalized spacial score (nSPS) is 21.4. The van der Waals surface area contributed by atoms with Gasteiger partial charge in [-0.2, -0.15) is 0 Å². The Balaban J connectivity index is 1.52. The topological polar surface area (TPSA) is 41.7 Å². The smallest absolute Gasteiger partial charge is 0.154 e. The van der Waals surface area contributed by atoms with Crippen molar-refractivity contribution in [2.45, 2.75) is 71.0 Å². The molecule has 0 spiro atoms. The zero-order valence-electron chi connectivity index (χ0n) is 18.0. The summed E-state index contributed by atoms with van der Waals surface area (Å²) in [5.74, 6) is 1.99. The second-order valence-electron chi connectivity index (χ2n) is 8.53. The molecule has 3 heterocycles. The number of benzene rings is 1. The number of ether oxygens (including phenoxy) is 1. The first-order valence-corrected chi connectivity index (χ1v) is 11.3. The van der Waals surface area contributed by atoms with Gasteiger partial charge in [-0.25, -0.2) is 0 Å². The highest BCUT2D eigenvalue weighted by molar-refractivity contribution is 5.36. The Morgan fingerprint density at radius 2 is 1.83 bits per heavy atom. The van der Waals surface area contributed by atoms with E-state index in [1.165, 1.54) is 56.3 Å². The van der Waals surface area contributed by atoms with Crippen LogP contribution in [-0.4, -0.2) is 41.7 Å². The average molecular weight is 398 g/mol. The van der Waals surface area contributed by atoms with Crippen LogP contribution in [0.2, 0.25) is 0 Å². The van der Waals surface area contributed by atoms with Gasteiger partial charge in [-0.05, 0) is 75.0 Å². The fourth-order valence-corrected chi connectivity index (χ4v) is 4.77. The van der Waals surface area contributed by atoms with Crippen LogP contribution >= 0.6 is 0 Å². The Labute approximate surface area is 175 Å². The van der Waals surface area contributed by atoms with Crippen LogP contribution in [0, 0.1) is 0 Å². The summed E-state index contributed by atoms with van der Waals surface area (Å²) in [7, 11) is 1.76. The van der Waals surface area contributed by atoms with Crippen LogP contribution in [-0.2, 0) is 19.5 Å². The third-order valence-electron chi connectivity index (χ3n) is 6.51. The number of aryl methyl sites for hydroxylation is 1. The summed E-state index contributed by atoms with van der Waals surface area (Å²) < 4.78 is 11.2. The monoisotopic (exact) mass is 397 g/mol. The molecular formula is C24H35N3O2. The third-order valence-corrected chi connectivity index (χ3v) is 6.51. The zero-order chi connectivity index (χ0) is 20.1. The van der Waals surface area contributed by atoms with Crippen molar-refractivity contribution in [3.8, 4) is 5.75 Å². The van der Waals surface area contributed by atoms with Crippen LogP contribution in [0.15, 0.2) is 28.8 Å². The van der Waals surface area contributed by atoms with Crippen molar-refractivity contribution in [1.82, 2.24) is 15.0 Å². The summed E-state index contributed by atoms with van der Waals surface area (Å²) in [6.07, 6.45) is 8.66. The van der Waals surface area contributed by atoms with Crippen molar-refractivity contribution in [3.05, 3.63) is 46.8 Å². The molecule has 2 saturated heterocycles. The van der Waals surface area contributed by atoms with Gasteiger partial charge in [0, 0.05) is 19.2 Å². The number of hydrogen-bond donors (Lipinski definition) is 0. The van der Waals surface area contributed by atoms with Gasteiger partial charge in [0.2, 0.25) is 0 Å². The minimum atomic E-state index is 0.343. The molecule has 5 nitrogen and oxygen atoms in total. The van der Waals surface area contributed by atoms with Crippen molar-refractivity contribution < 1.29 is 9.26 Å². The fraction of sp³-hybridized carbons (Fsp3) is 0.625. The van der Waals surface area contributed by atoms with E-state index in [9.17, 15) is 0 Å². The molecule has 2 aliphatic rings. The predicted octanol–water partition coefficient (Wildman–Crippen LogP) is 4.96. The van der Waals surface area contributed by atoms with Gasteiger partial charge < -0.3 is 9.26 Å². The Bertz CT molecular complexity index is 780. The van der Waals surface area contributed by atoms with Gasteiger partial charge in [0.1, 0.15) is 5.75 Å². The van der Waals surface area contributed by atoms with Gasteiger partial charge in [-0.15, -0.1) is 0 Å². The summed E-state index contributed by atoms with van der Waals surface area (Å²) >= 11 is 0. The Morgan fingerprint density at radius 1 is 1.00 bits per heavy atom. The van der Waals surface area contributed by atoms with Gasteiger partial charge >= 0.3 is 0 Å². The Hall–Kier alpha value is -1.85. The molecule has 1 unspecified atom stereocenters. The number of rotatable bonds is 7. The number of likely N-dealkylation sites (tertiary alicyclic amines) is 2. The summed E-state index contributed by atoms with van der Waals surface area (Å²) in [5.41, 5.74) is 3.87. The summed E-state index contributed by atoms with van der Waals surface area (Å²) in [5, 5.41) is 4.22. The van der Waals surface area contributed by atoms with Crippen molar-refractivity contribution in [2.75, 3.05) is 26.7 Å². The maximum atomic E-state index is 5.69. The fourth-order valence-electron chi connectivity index (χ4n) is 4.77.